The summed E-state index contributed by atoms with van der Waals surface area (Å²) in [5.41, 5.74) is 11.2. The Morgan fingerprint density at radius 2 is 1.18 bits per heavy atom. The smallest absolute Gasteiger partial charge is 0.0945 e. The minimum Gasteiger partial charge on any atom is -0.340 e. The van der Waals surface area contributed by atoms with Gasteiger partial charge in [-0.3, -0.25) is 0 Å². The molecule has 6 rings (SSSR count). The second-order valence-electron chi connectivity index (χ2n) is 9.89. The number of para-hydroxylation sites is 4. The van der Waals surface area contributed by atoms with Crippen molar-refractivity contribution in [3.63, 3.8) is 0 Å². The standard InChI is InChI=1S/C36H33N3/c1-4-26-37(29-16-8-5-9-17-29)35-27(2)24-25-34-36(35)39(31-20-12-7-13-21-31)33-23-15-14-22-32(33)28(3)38(34)30-18-10-6-11-19-30/h5-25H,3-4,26H2,1-2H3. The van der Waals surface area contributed by atoms with Crippen molar-refractivity contribution in [1.29, 1.82) is 0 Å². The summed E-state index contributed by atoms with van der Waals surface area (Å²) in [6.07, 6.45) is 1.02. The van der Waals surface area contributed by atoms with E-state index in [1.54, 1.807) is 0 Å². The average molecular weight is 508 g/mol. The zero-order chi connectivity index (χ0) is 26.8. The predicted molar refractivity (Wildman–Crippen MR) is 167 cm³/mol. The summed E-state index contributed by atoms with van der Waals surface area (Å²) in [5.74, 6) is 0. The van der Waals surface area contributed by atoms with Crippen LogP contribution in [0.2, 0.25) is 0 Å². The molecule has 0 radical (unpaired) electrons. The van der Waals surface area contributed by atoms with Crippen LogP contribution in [0.5, 0.6) is 0 Å². The summed E-state index contributed by atoms with van der Waals surface area (Å²) < 4.78 is 0. The molecule has 0 bridgehead atoms. The van der Waals surface area contributed by atoms with E-state index in [9.17, 15) is 0 Å². The van der Waals surface area contributed by atoms with Crippen molar-refractivity contribution < 1.29 is 0 Å². The average Bonchev–Trinajstić information content (AvgIpc) is 3.10. The Hall–Kier alpha value is -4.76. The molecule has 0 atom stereocenters. The second kappa shape index (κ2) is 10.5. The van der Waals surface area contributed by atoms with Crippen LogP contribution in [-0.2, 0) is 0 Å². The van der Waals surface area contributed by atoms with Gasteiger partial charge in [-0.1, -0.05) is 92.4 Å². The highest BCUT2D eigenvalue weighted by Crippen LogP contribution is 2.55. The molecule has 5 aromatic rings. The lowest BCUT2D eigenvalue weighted by Crippen LogP contribution is -2.23. The number of hydrogen-bond acceptors (Lipinski definition) is 3. The summed E-state index contributed by atoms with van der Waals surface area (Å²) in [4.78, 5) is 7.21. The molecule has 0 saturated carbocycles. The first-order valence-electron chi connectivity index (χ1n) is 13.6. The van der Waals surface area contributed by atoms with Gasteiger partial charge in [0.05, 0.1) is 22.7 Å². The Morgan fingerprint density at radius 1 is 0.615 bits per heavy atom. The van der Waals surface area contributed by atoms with Gasteiger partial charge in [-0.05, 0) is 67.4 Å². The second-order valence-corrected chi connectivity index (χ2v) is 9.89. The maximum atomic E-state index is 4.68. The van der Waals surface area contributed by atoms with E-state index in [0.717, 1.165) is 52.7 Å². The van der Waals surface area contributed by atoms with Gasteiger partial charge in [0.2, 0.25) is 0 Å². The summed E-state index contributed by atoms with van der Waals surface area (Å²) in [6, 6.07) is 45.1. The van der Waals surface area contributed by atoms with E-state index in [4.69, 9.17) is 0 Å². The van der Waals surface area contributed by atoms with Gasteiger partial charge >= 0.3 is 0 Å². The molecule has 0 aromatic heterocycles. The molecule has 1 heterocycles. The van der Waals surface area contributed by atoms with Gasteiger partial charge in [0.1, 0.15) is 0 Å². The van der Waals surface area contributed by atoms with Crippen molar-refractivity contribution in [2.45, 2.75) is 20.3 Å². The van der Waals surface area contributed by atoms with Crippen molar-refractivity contribution in [3.8, 4) is 0 Å². The molecule has 0 saturated heterocycles. The van der Waals surface area contributed by atoms with Gasteiger partial charge in [0.25, 0.3) is 0 Å². The molecule has 1 aliphatic heterocycles. The molecule has 0 unspecified atom stereocenters. The highest BCUT2D eigenvalue weighted by Gasteiger charge is 2.33. The minimum absolute atomic E-state index is 0.901. The number of aryl methyl sites for hydroxylation is 1. The van der Waals surface area contributed by atoms with E-state index in [1.165, 1.54) is 16.9 Å². The van der Waals surface area contributed by atoms with Crippen LogP contribution in [0.3, 0.4) is 0 Å². The number of fused-ring (bicyclic) bond motifs is 2. The van der Waals surface area contributed by atoms with Gasteiger partial charge in [0, 0.05) is 34.9 Å². The number of rotatable bonds is 6. The fourth-order valence-corrected chi connectivity index (χ4v) is 5.63. The molecule has 192 valence electrons. The van der Waals surface area contributed by atoms with Crippen LogP contribution in [0.15, 0.2) is 134 Å². The minimum atomic E-state index is 0.901. The summed E-state index contributed by atoms with van der Waals surface area (Å²) in [5, 5.41) is 0. The molecule has 0 N–H and O–H groups in total. The van der Waals surface area contributed by atoms with E-state index < -0.39 is 0 Å². The summed E-state index contributed by atoms with van der Waals surface area (Å²) in [7, 11) is 0. The van der Waals surface area contributed by atoms with Crippen LogP contribution in [0.4, 0.5) is 39.8 Å². The van der Waals surface area contributed by atoms with Crippen molar-refractivity contribution in [2.24, 2.45) is 0 Å². The molecule has 3 nitrogen and oxygen atoms in total. The largest absolute Gasteiger partial charge is 0.340 e. The Labute approximate surface area is 231 Å². The quantitative estimate of drug-likeness (QED) is 0.226. The maximum Gasteiger partial charge on any atom is 0.0945 e. The maximum absolute atomic E-state index is 4.68. The topological polar surface area (TPSA) is 9.72 Å². The van der Waals surface area contributed by atoms with E-state index in [1.807, 2.05) is 0 Å². The lowest BCUT2D eigenvalue weighted by molar-refractivity contribution is 0.882. The van der Waals surface area contributed by atoms with E-state index in [0.29, 0.717) is 0 Å². The number of nitrogens with zero attached hydrogens (tertiary/aromatic N) is 3. The molecule has 3 heteroatoms. The van der Waals surface area contributed by atoms with Crippen molar-refractivity contribution >= 4 is 45.5 Å². The monoisotopic (exact) mass is 507 g/mol. The van der Waals surface area contributed by atoms with Gasteiger partial charge < -0.3 is 14.7 Å². The third-order valence-electron chi connectivity index (χ3n) is 7.34. The van der Waals surface area contributed by atoms with Gasteiger partial charge in [-0.15, -0.1) is 0 Å². The normalized spacial score (nSPS) is 12.5. The van der Waals surface area contributed by atoms with Crippen LogP contribution < -0.4 is 14.7 Å². The fraction of sp³-hybridized carbons (Fsp3) is 0.111. The molecule has 0 spiro atoms. The Bertz CT molecular complexity index is 1590. The molecule has 39 heavy (non-hydrogen) atoms. The summed E-state index contributed by atoms with van der Waals surface area (Å²) >= 11 is 0. The number of anilines is 7. The number of benzene rings is 5. The molecule has 0 amide bonds. The SMILES string of the molecule is C=C1c2ccccc2N(c2ccccc2)c2c(ccc(C)c2N(CCC)c2ccccc2)N1c1ccccc1. The van der Waals surface area contributed by atoms with Crippen LogP contribution in [0.25, 0.3) is 5.70 Å². The van der Waals surface area contributed by atoms with Crippen LogP contribution in [0, 0.1) is 6.92 Å². The molecule has 1 aliphatic rings. The summed E-state index contributed by atoms with van der Waals surface area (Å²) in [6.45, 7) is 10.0. The number of hydrogen-bond donors (Lipinski definition) is 0. The van der Waals surface area contributed by atoms with Gasteiger partial charge in [-0.25, -0.2) is 0 Å². The Kier molecular flexibility index (Phi) is 6.64. The van der Waals surface area contributed by atoms with Crippen molar-refractivity contribution in [2.75, 3.05) is 21.2 Å². The molecular formula is C36H33N3. The lowest BCUT2D eigenvalue weighted by atomic mass is 10.0. The third kappa shape index (κ3) is 4.36. The highest BCUT2D eigenvalue weighted by molar-refractivity contribution is 6.07. The third-order valence-corrected chi connectivity index (χ3v) is 7.34. The van der Waals surface area contributed by atoms with Crippen molar-refractivity contribution in [1.82, 2.24) is 0 Å². The first-order valence-corrected chi connectivity index (χ1v) is 13.6. The zero-order valence-corrected chi connectivity index (χ0v) is 22.6. The Morgan fingerprint density at radius 3 is 1.82 bits per heavy atom. The lowest BCUT2D eigenvalue weighted by Gasteiger charge is -2.36. The van der Waals surface area contributed by atoms with E-state index in [-0.39, 0.29) is 0 Å². The zero-order valence-electron chi connectivity index (χ0n) is 22.6. The van der Waals surface area contributed by atoms with E-state index >= 15 is 0 Å². The molecule has 5 aromatic carbocycles. The van der Waals surface area contributed by atoms with Crippen LogP contribution in [-0.4, -0.2) is 6.54 Å². The molecule has 0 aliphatic carbocycles. The van der Waals surface area contributed by atoms with Crippen LogP contribution in [0.1, 0.15) is 24.5 Å². The predicted octanol–water partition coefficient (Wildman–Crippen LogP) is 10.1. The van der Waals surface area contributed by atoms with Crippen molar-refractivity contribution in [3.05, 3.63) is 145 Å². The van der Waals surface area contributed by atoms with Gasteiger partial charge in [0.15, 0.2) is 0 Å². The van der Waals surface area contributed by atoms with Crippen LogP contribution >= 0.6 is 0 Å². The van der Waals surface area contributed by atoms with Gasteiger partial charge in [-0.2, -0.15) is 0 Å². The molecule has 0 fully saturated rings. The highest BCUT2D eigenvalue weighted by atomic mass is 15.3. The first kappa shape index (κ1) is 24.6. The Balaban J connectivity index is 1.75. The molecular weight excluding hydrogens is 474 g/mol. The fourth-order valence-electron chi connectivity index (χ4n) is 5.63. The van der Waals surface area contributed by atoms with E-state index in [2.05, 4.69) is 163 Å². The first-order chi connectivity index (χ1) is 19.2.